The topological polar surface area (TPSA) is 80.6 Å². The van der Waals surface area contributed by atoms with Gasteiger partial charge in [-0.25, -0.2) is 4.68 Å². The van der Waals surface area contributed by atoms with E-state index in [1.807, 2.05) is 59.4 Å². The Morgan fingerprint density at radius 1 is 1.17 bits per heavy atom. The Morgan fingerprint density at radius 3 is 2.73 bits per heavy atom. The molecular weight excluding hydrogens is 420 g/mol. The van der Waals surface area contributed by atoms with E-state index in [1.165, 1.54) is 0 Å². The molecule has 0 bridgehead atoms. The van der Waals surface area contributed by atoms with Crippen molar-refractivity contribution in [3.8, 4) is 22.7 Å². The zero-order chi connectivity index (χ0) is 20.8. The Morgan fingerprint density at radius 2 is 2.00 bits per heavy atom. The highest BCUT2D eigenvalue weighted by atomic mass is 35.5. The molecule has 2 aromatic carbocycles. The van der Waals surface area contributed by atoms with Crippen molar-refractivity contribution in [3.63, 3.8) is 0 Å². The molecular formula is C21H21ClN6OS. The molecule has 2 aromatic heterocycles. The number of H-pyrrole nitrogens is 1. The summed E-state index contributed by atoms with van der Waals surface area (Å²) in [5.41, 5.74) is 3.82. The molecule has 0 amide bonds. The minimum Gasteiger partial charge on any atom is -0.497 e. The average Bonchev–Trinajstić information content (AvgIpc) is 3.44. The van der Waals surface area contributed by atoms with Crippen molar-refractivity contribution in [1.29, 1.82) is 0 Å². The summed E-state index contributed by atoms with van der Waals surface area (Å²) in [5, 5.41) is 20.4. The SMILES string of the molecule is COc1ccc(-n2cc(CNCCSc3cn[nH]n3)c(-c3ccccc3Cl)n2)cc1. The van der Waals surface area contributed by atoms with Crippen molar-refractivity contribution >= 4 is 23.4 Å². The summed E-state index contributed by atoms with van der Waals surface area (Å²) in [6, 6.07) is 15.6. The second-order valence-corrected chi connectivity index (χ2v) is 7.98. The van der Waals surface area contributed by atoms with Gasteiger partial charge in [-0.15, -0.1) is 16.9 Å². The molecule has 0 aliphatic rings. The molecule has 0 saturated carbocycles. The monoisotopic (exact) mass is 440 g/mol. The first-order valence-corrected chi connectivity index (χ1v) is 10.8. The van der Waals surface area contributed by atoms with E-state index in [9.17, 15) is 0 Å². The fraction of sp³-hybridized carbons (Fsp3) is 0.190. The van der Waals surface area contributed by atoms with Crippen LogP contribution in [-0.4, -0.2) is 44.6 Å². The lowest BCUT2D eigenvalue weighted by Crippen LogP contribution is -2.16. The van der Waals surface area contributed by atoms with Crippen LogP contribution in [0, 0.1) is 0 Å². The van der Waals surface area contributed by atoms with Gasteiger partial charge in [0.2, 0.25) is 0 Å². The van der Waals surface area contributed by atoms with Crippen molar-refractivity contribution in [2.45, 2.75) is 11.6 Å². The Labute approximate surface area is 183 Å². The first-order chi connectivity index (χ1) is 14.7. The van der Waals surface area contributed by atoms with Gasteiger partial charge in [-0.2, -0.15) is 15.4 Å². The number of thioether (sulfide) groups is 1. The van der Waals surface area contributed by atoms with Crippen LogP contribution in [0.3, 0.4) is 0 Å². The molecule has 4 aromatic rings. The van der Waals surface area contributed by atoms with Crippen LogP contribution in [0.15, 0.2) is 66.0 Å². The smallest absolute Gasteiger partial charge is 0.138 e. The number of hydrogen-bond donors (Lipinski definition) is 2. The number of rotatable bonds is 9. The van der Waals surface area contributed by atoms with Gasteiger partial charge in [-0.05, 0) is 30.3 Å². The van der Waals surface area contributed by atoms with Crippen LogP contribution >= 0.6 is 23.4 Å². The number of halogens is 1. The Balaban J connectivity index is 1.52. The molecule has 0 aliphatic heterocycles. The molecule has 0 saturated heterocycles. The lowest BCUT2D eigenvalue weighted by molar-refractivity contribution is 0.414. The van der Waals surface area contributed by atoms with E-state index in [1.54, 1.807) is 25.1 Å². The van der Waals surface area contributed by atoms with E-state index in [2.05, 4.69) is 20.7 Å². The van der Waals surface area contributed by atoms with Gasteiger partial charge in [0.1, 0.15) is 10.8 Å². The highest BCUT2D eigenvalue weighted by Gasteiger charge is 2.14. The van der Waals surface area contributed by atoms with Crippen molar-refractivity contribution < 1.29 is 4.74 Å². The van der Waals surface area contributed by atoms with Crippen LogP contribution in [0.2, 0.25) is 5.02 Å². The maximum atomic E-state index is 6.46. The van der Waals surface area contributed by atoms with E-state index in [4.69, 9.17) is 21.4 Å². The molecule has 0 atom stereocenters. The summed E-state index contributed by atoms with van der Waals surface area (Å²) >= 11 is 8.11. The first kappa shape index (κ1) is 20.5. The first-order valence-electron chi connectivity index (χ1n) is 9.42. The van der Waals surface area contributed by atoms with Gasteiger partial charge >= 0.3 is 0 Å². The van der Waals surface area contributed by atoms with E-state index < -0.39 is 0 Å². The van der Waals surface area contributed by atoms with Gasteiger partial charge in [-0.3, -0.25) is 0 Å². The molecule has 0 aliphatic carbocycles. The maximum Gasteiger partial charge on any atom is 0.138 e. The van der Waals surface area contributed by atoms with Crippen LogP contribution in [-0.2, 0) is 6.54 Å². The van der Waals surface area contributed by atoms with Gasteiger partial charge in [0, 0.05) is 36.2 Å². The number of ether oxygens (including phenoxy) is 1. The minimum absolute atomic E-state index is 0.677. The van der Waals surface area contributed by atoms with Crippen LogP contribution in [0.25, 0.3) is 16.9 Å². The summed E-state index contributed by atoms with van der Waals surface area (Å²) in [6.45, 7) is 1.50. The molecule has 30 heavy (non-hydrogen) atoms. The molecule has 0 fully saturated rings. The number of nitrogens with one attached hydrogen (secondary N) is 2. The summed E-state index contributed by atoms with van der Waals surface area (Å²) in [6.07, 6.45) is 3.76. The van der Waals surface area contributed by atoms with Gasteiger partial charge in [0.25, 0.3) is 0 Å². The standard InChI is InChI=1S/C21H21ClN6OS/c1-29-17-8-6-16(7-9-17)28-14-15(12-23-10-11-30-20-13-24-27-25-20)21(26-28)18-4-2-3-5-19(18)22/h2-9,13-14,23H,10-12H2,1H3,(H,24,25,27). The van der Waals surface area contributed by atoms with Crippen LogP contribution in [0.5, 0.6) is 5.75 Å². The number of aromatic nitrogens is 5. The molecule has 2 heterocycles. The van der Waals surface area contributed by atoms with E-state index in [0.717, 1.165) is 45.6 Å². The summed E-state index contributed by atoms with van der Waals surface area (Å²) in [5.74, 6) is 1.70. The third kappa shape index (κ3) is 4.84. The van der Waals surface area contributed by atoms with E-state index in [-0.39, 0.29) is 0 Å². The van der Waals surface area contributed by atoms with Crippen LogP contribution in [0.4, 0.5) is 0 Å². The minimum atomic E-state index is 0.677. The fourth-order valence-corrected chi connectivity index (χ4v) is 3.91. The van der Waals surface area contributed by atoms with Crippen molar-refractivity contribution in [1.82, 2.24) is 30.5 Å². The number of benzene rings is 2. The Hall–Kier alpha value is -2.81. The molecule has 0 radical (unpaired) electrons. The van der Waals surface area contributed by atoms with Gasteiger partial charge in [-0.1, -0.05) is 29.8 Å². The third-order valence-corrected chi connectivity index (χ3v) is 5.72. The number of aromatic amines is 1. The molecule has 2 N–H and O–H groups in total. The Kier molecular flexibility index (Phi) is 6.68. The third-order valence-electron chi connectivity index (χ3n) is 4.49. The highest BCUT2D eigenvalue weighted by Crippen LogP contribution is 2.30. The normalized spacial score (nSPS) is 11.0. The van der Waals surface area contributed by atoms with Crippen molar-refractivity contribution in [2.24, 2.45) is 0 Å². The highest BCUT2D eigenvalue weighted by molar-refractivity contribution is 7.99. The number of hydrogen-bond acceptors (Lipinski definition) is 6. The van der Waals surface area contributed by atoms with Crippen molar-refractivity contribution in [3.05, 3.63) is 71.5 Å². The largest absolute Gasteiger partial charge is 0.497 e. The maximum absolute atomic E-state index is 6.46. The molecule has 4 rings (SSSR count). The van der Waals surface area contributed by atoms with E-state index in [0.29, 0.717) is 11.6 Å². The zero-order valence-electron chi connectivity index (χ0n) is 16.4. The van der Waals surface area contributed by atoms with Crippen LogP contribution in [0.1, 0.15) is 5.56 Å². The molecule has 0 spiro atoms. The predicted molar refractivity (Wildman–Crippen MR) is 119 cm³/mol. The predicted octanol–water partition coefficient (Wildman–Crippen LogP) is 4.20. The lowest BCUT2D eigenvalue weighted by atomic mass is 10.1. The summed E-state index contributed by atoms with van der Waals surface area (Å²) < 4.78 is 7.13. The summed E-state index contributed by atoms with van der Waals surface area (Å²) in [7, 11) is 1.66. The number of methoxy groups -OCH3 is 1. The van der Waals surface area contributed by atoms with Gasteiger partial charge in [0.05, 0.1) is 29.7 Å². The zero-order valence-corrected chi connectivity index (χ0v) is 18.0. The van der Waals surface area contributed by atoms with Gasteiger partial charge < -0.3 is 10.1 Å². The fourth-order valence-electron chi connectivity index (χ4n) is 3.00. The number of nitrogens with zero attached hydrogens (tertiary/aromatic N) is 4. The molecule has 154 valence electrons. The second-order valence-electron chi connectivity index (χ2n) is 6.46. The van der Waals surface area contributed by atoms with Crippen molar-refractivity contribution in [2.75, 3.05) is 19.4 Å². The molecule has 9 heteroatoms. The molecule has 7 nitrogen and oxygen atoms in total. The van der Waals surface area contributed by atoms with Crippen LogP contribution < -0.4 is 10.1 Å². The quantitative estimate of drug-likeness (QED) is 0.300. The van der Waals surface area contributed by atoms with Gasteiger partial charge in [0.15, 0.2) is 0 Å². The Bertz CT molecular complexity index is 1080. The molecule has 0 unspecified atom stereocenters. The lowest BCUT2D eigenvalue weighted by Gasteiger charge is -2.06. The summed E-state index contributed by atoms with van der Waals surface area (Å²) in [4.78, 5) is 0. The average molecular weight is 441 g/mol. The van der Waals surface area contributed by atoms with E-state index >= 15 is 0 Å². The second kappa shape index (κ2) is 9.80.